The summed E-state index contributed by atoms with van der Waals surface area (Å²) in [6, 6.07) is 11.7. The number of hydrogen-bond donors (Lipinski definition) is 0. The standard InChI is InChI=1S/C20H18FN3O2/c1-24(13-17-11-18(23-26-17)14-3-2-10-22-12-14)19(25)20(8-9-20)15-4-6-16(21)7-5-15/h2-7,10-12H,8-9,13H2,1H3. The Bertz CT molecular complexity index is 918. The Labute approximate surface area is 150 Å². The monoisotopic (exact) mass is 351 g/mol. The van der Waals surface area contributed by atoms with Crippen molar-refractivity contribution in [2.24, 2.45) is 0 Å². The van der Waals surface area contributed by atoms with Gasteiger partial charge in [0, 0.05) is 31.1 Å². The summed E-state index contributed by atoms with van der Waals surface area (Å²) in [4.78, 5) is 18.7. The molecule has 1 fully saturated rings. The minimum absolute atomic E-state index is 0.0171. The summed E-state index contributed by atoms with van der Waals surface area (Å²) in [5.41, 5.74) is 1.88. The largest absolute Gasteiger partial charge is 0.359 e. The lowest BCUT2D eigenvalue weighted by molar-refractivity contribution is -0.133. The van der Waals surface area contributed by atoms with Crippen LogP contribution in [0.5, 0.6) is 0 Å². The van der Waals surface area contributed by atoms with Crippen LogP contribution in [0, 0.1) is 5.82 Å². The molecule has 0 unspecified atom stereocenters. The number of hydrogen-bond acceptors (Lipinski definition) is 4. The lowest BCUT2D eigenvalue weighted by Crippen LogP contribution is -2.36. The van der Waals surface area contributed by atoms with E-state index in [-0.39, 0.29) is 11.7 Å². The van der Waals surface area contributed by atoms with Gasteiger partial charge in [-0.3, -0.25) is 9.78 Å². The molecule has 0 bridgehead atoms. The molecule has 0 N–H and O–H groups in total. The number of aromatic nitrogens is 2. The molecule has 1 amide bonds. The molecule has 2 aromatic heterocycles. The first-order valence-corrected chi connectivity index (χ1v) is 8.46. The van der Waals surface area contributed by atoms with E-state index in [0.29, 0.717) is 18.0 Å². The van der Waals surface area contributed by atoms with Crippen molar-refractivity contribution >= 4 is 5.91 Å². The van der Waals surface area contributed by atoms with Gasteiger partial charge in [-0.15, -0.1) is 0 Å². The summed E-state index contributed by atoms with van der Waals surface area (Å²) < 4.78 is 18.5. The molecule has 0 saturated heterocycles. The molecule has 2 heterocycles. The summed E-state index contributed by atoms with van der Waals surface area (Å²) in [6.07, 6.45) is 4.96. The van der Waals surface area contributed by atoms with Gasteiger partial charge in [-0.05, 0) is 42.7 Å². The van der Waals surface area contributed by atoms with Gasteiger partial charge in [-0.1, -0.05) is 17.3 Å². The molecule has 1 aliphatic rings. The highest BCUT2D eigenvalue weighted by atomic mass is 19.1. The lowest BCUT2D eigenvalue weighted by Gasteiger charge is -2.23. The first kappa shape index (κ1) is 16.4. The second kappa shape index (κ2) is 6.37. The Morgan fingerprint density at radius 3 is 2.69 bits per heavy atom. The van der Waals surface area contributed by atoms with Gasteiger partial charge >= 0.3 is 0 Å². The molecule has 1 aliphatic carbocycles. The summed E-state index contributed by atoms with van der Waals surface area (Å²) in [5.74, 6) is 0.327. The molecule has 1 saturated carbocycles. The Kier molecular flexibility index (Phi) is 4.03. The van der Waals surface area contributed by atoms with Crippen LogP contribution in [0.2, 0.25) is 0 Å². The number of likely N-dealkylation sites (N-methyl/N-ethyl adjacent to an activating group) is 1. The van der Waals surface area contributed by atoms with E-state index < -0.39 is 5.41 Å². The predicted molar refractivity (Wildman–Crippen MR) is 93.5 cm³/mol. The van der Waals surface area contributed by atoms with Gasteiger partial charge in [0.15, 0.2) is 5.76 Å². The molecule has 1 aromatic carbocycles. The van der Waals surface area contributed by atoms with Gasteiger partial charge in [0.25, 0.3) is 0 Å². The summed E-state index contributed by atoms with van der Waals surface area (Å²) in [6.45, 7) is 0.328. The van der Waals surface area contributed by atoms with E-state index in [9.17, 15) is 9.18 Å². The van der Waals surface area contributed by atoms with Crippen LogP contribution >= 0.6 is 0 Å². The van der Waals surface area contributed by atoms with Crippen molar-refractivity contribution < 1.29 is 13.7 Å². The first-order chi connectivity index (χ1) is 12.6. The van der Waals surface area contributed by atoms with E-state index in [1.54, 1.807) is 36.5 Å². The molecule has 3 aromatic rings. The quantitative estimate of drug-likeness (QED) is 0.705. The van der Waals surface area contributed by atoms with Crippen molar-refractivity contribution in [3.05, 3.63) is 72.0 Å². The maximum atomic E-state index is 13.2. The molecular weight excluding hydrogens is 333 g/mol. The SMILES string of the molecule is CN(Cc1cc(-c2cccnc2)no1)C(=O)C1(c2ccc(F)cc2)CC1. The lowest BCUT2D eigenvalue weighted by atomic mass is 9.94. The zero-order valence-electron chi connectivity index (χ0n) is 14.4. The number of carbonyl (C=O) groups is 1. The van der Waals surface area contributed by atoms with Gasteiger partial charge in [0.05, 0.1) is 12.0 Å². The summed E-state index contributed by atoms with van der Waals surface area (Å²) in [7, 11) is 1.75. The molecule has 0 radical (unpaired) electrons. The molecule has 0 aliphatic heterocycles. The topological polar surface area (TPSA) is 59.2 Å². The Balaban J connectivity index is 1.48. The van der Waals surface area contributed by atoms with Crippen molar-refractivity contribution in [3.63, 3.8) is 0 Å². The van der Waals surface area contributed by atoms with E-state index in [1.807, 2.05) is 18.2 Å². The summed E-state index contributed by atoms with van der Waals surface area (Å²) in [5, 5.41) is 4.05. The number of rotatable bonds is 5. The fourth-order valence-electron chi connectivity index (χ4n) is 3.23. The fraction of sp³-hybridized carbons (Fsp3) is 0.250. The fourth-order valence-corrected chi connectivity index (χ4v) is 3.23. The van der Waals surface area contributed by atoms with Crippen LogP contribution in [0.4, 0.5) is 4.39 Å². The van der Waals surface area contributed by atoms with E-state index in [0.717, 1.165) is 24.0 Å². The number of benzene rings is 1. The maximum absolute atomic E-state index is 13.2. The van der Waals surface area contributed by atoms with Crippen LogP contribution in [-0.2, 0) is 16.8 Å². The molecule has 26 heavy (non-hydrogen) atoms. The normalized spacial score (nSPS) is 14.8. The first-order valence-electron chi connectivity index (χ1n) is 8.46. The number of amides is 1. The zero-order valence-corrected chi connectivity index (χ0v) is 14.4. The Morgan fingerprint density at radius 1 is 1.27 bits per heavy atom. The highest BCUT2D eigenvalue weighted by Crippen LogP contribution is 2.49. The van der Waals surface area contributed by atoms with Crippen LogP contribution in [0.25, 0.3) is 11.3 Å². The van der Waals surface area contributed by atoms with Gasteiger partial charge < -0.3 is 9.42 Å². The zero-order chi connectivity index (χ0) is 18.1. The third-order valence-electron chi connectivity index (χ3n) is 4.81. The Hall–Kier alpha value is -3.02. The molecule has 5 nitrogen and oxygen atoms in total. The van der Waals surface area contributed by atoms with E-state index >= 15 is 0 Å². The van der Waals surface area contributed by atoms with E-state index in [2.05, 4.69) is 10.1 Å². The van der Waals surface area contributed by atoms with E-state index in [1.165, 1.54) is 12.1 Å². The van der Waals surface area contributed by atoms with Crippen LogP contribution in [0.3, 0.4) is 0 Å². The number of halogens is 1. The Morgan fingerprint density at radius 2 is 2.04 bits per heavy atom. The number of nitrogens with zero attached hydrogens (tertiary/aromatic N) is 3. The molecule has 0 atom stereocenters. The highest BCUT2D eigenvalue weighted by Gasteiger charge is 2.52. The highest BCUT2D eigenvalue weighted by molar-refractivity contribution is 5.91. The second-order valence-corrected chi connectivity index (χ2v) is 6.67. The number of carbonyl (C=O) groups excluding carboxylic acids is 1. The van der Waals surface area contributed by atoms with Crippen LogP contribution in [-0.4, -0.2) is 28.0 Å². The van der Waals surface area contributed by atoms with Crippen molar-refractivity contribution in [2.75, 3.05) is 7.05 Å². The number of pyridine rings is 1. The van der Waals surface area contributed by atoms with Gasteiger partial charge in [0.2, 0.25) is 5.91 Å². The van der Waals surface area contributed by atoms with Gasteiger partial charge in [-0.25, -0.2) is 4.39 Å². The molecule has 4 rings (SSSR count). The predicted octanol–water partition coefficient (Wildman–Crippen LogP) is 3.57. The third-order valence-corrected chi connectivity index (χ3v) is 4.81. The summed E-state index contributed by atoms with van der Waals surface area (Å²) >= 11 is 0. The third kappa shape index (κ3) is 2.98. The van der Waals surface area contributed by atoms with E-state index in [4.69, 9.17) is 4.52 Å². The van der Waals surface area contributed by atoms with Crippen LogP contribution in [0.1, 0.15) is 24.2 Å². The average Bonchev–Trinajstić information content (AvgIpc) is 3.35. The van der Waals surface area contributed by atoms with Crippen LogP contribution < -0.4 is 0 Å². The molecule has 6 heteroatoms. The second-order valence-electron chi connectivity index (χ2n) is 6.67. The molecule has 0 spiro atoms. The van der Waals surface area contributed by atoms with Crippen molar-refractivity contribution in [1.29, 1.82) is 0 Å². The van der Waals surface area contributed by atoms with Crippen molar-refractivity contribution in [2.45, 2.75) is 24.8 Å². The van der Waals surface area contributed by atoms with Crippen molar-refractivity contribution in [3.8, 4) is 11.3 Å². The van der Waals surface area contributed by atoms with Gasteiger partial charge in [0.1, 0.15) is 11.5 Å². The minimum Gasteiger partial charge on any atom is -0.359 e. The molecule has 132 valence electrons. The smallest absolute Gasteiger partial charge is 0.233 e. The van der Waals surface area contributed by atoms with Gasteiger partial charge in [-0.2, -0.15) is 0 Å². The maximum Gasteiger partial charge on any atom is 0.233 e. The minimum atomic E-state index is -0.533. The van der Waals surface area contributed by atoms with Crippen LogP contribution in [0.15, 0.2) is 59.4 Å². The average molecular weight is 351 g/mol. The molecular formula is C20H18FN3O2. The van der Waals surface area contributed by atoms with Crippen molar-refractivity contribution in [1.82, 2.24) is 15.0 Å².